The van der Waals surface area contributed by atoms with Gasteiger partial charge in [0, 0.05) is 18.5 Å². The fourth-order valence-electron chi connectivity index (χ4n) is 3.99. The molecule has 0 radical (unpaired) electrons. The summed E-state index contributed by atoms with van der Waals surface area (Å²) in [4.78, 5) is 10.8. The lowest BCUT2D eigenvalue weighted by Crippen LogP contribution is -2.23. The van der Waals surface area contributed by atoms with Gasteiger partial charge in [-0.25, -0.2) is 0 Å². The molecule has 0 amide bonds. The standard InChI is InChI=1S/C16H22N2O2/c1-11(12-6-3-2-4-7-12)14-10-17-16-13(14)8-5-9-15(16)18(19)20/h5,8-9,11-12,14,17H,2-4,6-7,10H2,1H3. The van der Waals surface area contributed by atoms with Crippen LogP contribution in [-0.4, -0.2) is 11.5 Å². The molecule has 1 aliphatic heterocycles. The lowest BCUT2D eigenvalue weighted by Gasteiger charge is -2.31. The SMILES string of the molecule is CC(C1CCCCC1)C1CNc2c1cccc2[N+](=O)[O-]. The maximum Gasteiger partial charge on any atom is 0.292 e. The van der Waals surface area contributed by atoms with Crippen LogP contribution in [0.4, 0.5) is 11.4 Å². The fourth-order valence-corrected chi connectivity index (χ4v) is 3.99. The molecule has 3 rings (SSSR count). The Hall–Kier alpha value is -1.58. The number of fused-ring (bicyclic) bond motifs is 1. The zero-order chi connectivity index (χ0) is 14.1. The van der Waals surface area contributed by atoms with Gasteiger partial charge in [-0.15, -0.1) is 0 Å². The third kappa shape index (κ3) is 2.28. The molecule has 1 aliphatic carbocycles. The summed E-state index contributed by atoms with van der Waals surface area (Å²) in [6, 6.07) is 5.48. The van der Waals surface area contributed by atoms with Crippen LogP contribution >= 0.6 is 0 Å². The predicted octanol–water partition coefficient (Wildman–Crippen LogP) is 4.32. The molecule has 2 unspecified atom stereocenters. The highest BCUT2D eigenvalue weighted by Crippen LogP contribution is 2.45. The van der Waals surface area contributed by atoms with Crippen molar-refractivity contribution >= 4 is 11.4 Å². The molecule has 2 atom stereocenters. The number of nitrogens with zero attached hydrogens (tertiary/aromatic N) is 1. The fraction of sp³-hybridized carbons (Fsp3) is 0.625. The molecule has 1 fully saturated rings. The van der Waals surface area contributed by atoms with Crippen LogP contribution in [0.2, 0.25) is 0 Å². The topological polar surface area (TPSA) is 55.2 Å². The average Bonchev–Trinajstić information content (AvgIpc) is 2.91. The van der Waals surface area contributed by atoms with E-state index in [9.17, 15) is 10.1 Å². The molecule has 1 saturated carbocycles. The van der Waals surface area contributed by atoms with Crippen LogP contribution in [0.15, 0.2) is 18.2 Å². The van der Waals surface area contributed by atoms with Crippen molar-refractivity contribution in [2.24, 2.45) is 11.8 Å². The first kappa shape index (κ1) is 13.4. The number of hydrogen-bond donors (Lipinski definition) is 1. The maximum absolute atomic E-state index is 11.1. The van der Waals surface area contributed by atoms with Crippen molar-refractivity contribution in [1.82, 2.24) is 0 Å². The lowest BCUT2D eigenvalue weighted by atomic mass is 9.73. The molecule has 0 spiro atoms. The average molecular weight is 274 g/mol. The number of benzene rings is 1. The Morgan fingerprint density at radius 2 is 2.05 bits per heavy atom. The van der Waals surface area contributed by atoms with Crippen LogP contribution in [0.25, 0.3) is 0 Å². The molecule has 0 saturated heterocycles. The van der Waals surface area contributed by atoms with E-state index in [-0.39, 0.29) is 10.6 Å². The van der Waals surface area contributed by atoms with Gasteiger partial charge in [0.1, 0.15) is 5.69 Å². The van der Waals surface area contributed by atoms with Crippen LogP contribution in [0.5, 0.6) is 0 Å². The van der Waals surface area contributed by atoms with Gasteiger partial charge in [0.25, 0.3) is 5.69 Å². The quantitative estimate of drug-likeness (QED) is 0.659. The predicted molar refractivity (Wildman–Crippen MR) is 80.1 cm³/mol. The Balaban J connectivity index is 1.85. The molecular weight excluding hydrogens is 252 g/mol. The Kier molecular flexibility index (Phi) is 3.64. The van der Waals surface area contributed by atoms with E-state index in [1.807, 2.05) is 6.07 Å². The van der Waals surface area contributed by atoms with Crippen LogP contribution in [0, 0.1) is 22.0 Å². The number of rotatable bonds is 3. The summed E-state index contributed by atoms with van der Waals surface area (Å²) < 4.78 is 0. The van der Waals surface area contributed by atoms with E-state index >= 15 is 0 Å². The number of nitrogens with one attached hydrogen (secondary N) is 1. The highest BCUT2D eigenvalue weighted by Gasteiger charge is 2.35. The number of anilines is 1. The molecule has 1 aromatic rings. The monoisotopic (exact) mass is 274 g/mol. The van der Waals surface area contributed by atoms with Crippen molar-refractivity contribution < 1.29 is 4.92 Å². The molecule has 2 aliphatic rings. The summed E-state index contributed by atoms with van der Waals surface area (Å²) >= 11 is 0. The van der Waals surface area contributed by atoms with Crippen molar-refractivity contribution in [3.63, 3.8) is 0 Å². The van der Waals surface area contributed by atoms with Gasteiger partial charge in [0.05, 0.1) is 4.92 Å². The molecule has 108 valence electrons. The summed E-state index contributed by atoms with van der Waals surface area (Å²) in [7, 11) is 0. The molecule has 0 bridgehead atoms. The van der Waals surface area contributed by atoms with Crippen LogP contribution in [0.3, 0.4) is 0 Å². The van der Waals surface area contributed by atoms with Crippen LogP contribution in [-0.2, 0) is 0 Å². The molecule has 0 aromatic heterocycles. The smallest absolute Gasteiger partial charge is 0.292 e. The summed E-state index contributed by atoms with van der Waals surface area (Å²) in [6.45, 7) is 3.17. The molecule has 1 N–H and O–H groups in total. The Morgan fingerprint density at radius 1 is 1.30 bits per heavy atom. The molecule has 1 heterocycles. The van der Waals surface area contributed by atoms with Gasteiger partial charge >= 0.3 is 0 Å². The highest BCUT2D eigenvalue weighted by atomic mass is 16.6. The Morgan fingerprint density at radius 3 is 2.75 bits per heavy atom. The first-order chi connectivity index (χ1) is 9.68. The van der Waals surface area contributed by atoms with Gasteiger partial charge in [-0.05, 0) is 17.4 Å². The first-order valence-electron chi connectivity index (χ1n) is 7.69. The minimum atomic E-state index is -0.278. The van der Waals surface area contributed by atoms with E-state index in [1.165, 1.54) is 32.1 Å². The highest BCUT2D eigenvalue weighted by molar-refractivity contribution is 5.70. The summed E-state index contributed by atoms with van der Waals surface area (Å²) in [6.07, 6.45) is 6.70. The molecule has 4 heteroatoms. The number of para-hydroxylation sites is 1. The second-order valence-electron chi connectivity index (χ2n) is 6.24. The Labute approximate surface area is 119 Å². The third-order valence-electron chi connectivity index (χ3n) is 5.20. The van der Waals surface area contributed by atoms with Gasteiger partial charge in [0.2, 0.25) is 0 Å². The first-order valence-corrected chi connectivity index (χ1v) is 7.69. The Bertz CT molecular complexity index is 509. The van der Waals surface area contributed by atoms with E-state index in [0.29, 0.717) is 11.8 Å². The molecule has 20 heavy (non-hydrogen) atoms. The molecule has 4 nitrogen and oxygen atoms in total. The van der Waals surface area contributed by atoms with Crippen molar-refractivity contribution in [2.75, 3.05) is 11.9 Å². The van der Waals surface area contributed by atoms with Crippen LogP contribution in [0.1, 0.15) is 50.5 Å². The molecular formula is C16H22N2O2. The normalized spacial score (nSPS) is 23.9. The summed E-state index contributed by atoms with van der Waals surface area (Å²) in [5, 5.41) is 14.4. The molecule has 1 aromatic carbocycles. The number of nitro benzene ring substituents is 1. The van der Waals surface area contributed by atoms with Crippen molar-refractivity contribution in [3.8, 4) is 0 Å². The van der Waals surface area contributed by atoms with Crippen molar-refractivity contribution in [1.29, 1.82) is 0 Å². The zero-order valence-electron chi connectivity index (χ0n) is 12.0. The third-order valence-corrected chi connectivity index (χ3v) is 5.20. The van der Waals surface area contributed by atoms with E-state index in [2.05, 4.69) is 18.3 Å². The van der Waals surface area contributed by atoms with Crippen molar-refractivity contribution in [3.05, 3.63) is 33.9 Å². The summed E-state index contributed by atoms with van der Waals surface area (Å²) in [5.74, 6) is 1.81. The van der Waals surface area contributed by atoms with Gasteiger partial charge in [-0.1, -0.05) is 51.2 Å². The number of hydrogen-bond acceptors (Lipinski definition) is 3. The second kappa shape index (κ2) is 5.43. The lowest BCUT2D eigenvalue weighted by molar-refractivity contribution is -0.383. The van der Waals surface area contributed by atoms with Gasteiger partial charge in [-0.2, -0.15) is 0 Å². The van der Waals surface area contributed by atoms with Gasteiger partial charge in [0.15, 0.2) is 0 Å². The minimum Gasteiger partial charge on any atom is -0.379 e. The van der Waals surface area contributed by atoms with E-state index in [0.717, 1.165) is 23.7 Å². The zero-order valence-corrected chi connectivity index (χ0v) is 12.0. The van der Waals surface area contributed by atoms with E-state index in [1.54, 1.807) is 6.07 Å². The number of nitro groups is 1. The largest absolute Gasteiger partial charge is 0.379 e. The maximum atomic E-state index is 11.1. The minimum absolute atomic E-state index is 0.223. The second-order valence-corrected chi connectivity index (χ2v) is 6.24. The van der Waals surface area contributed by atoms with E-state index in [4.69, 9.17) is 0 Å². The van der Waals surface area contributed by atoms with E-state index < -0.39 is 0 Å². The van der Waals surface area contributed by atoms with Crippen molar-refractivity contribution in [2.45, 2.75) is 44.9 Å². The summed E-state index contributed by atoms with van der Waals surface area (Å²) in [5.41, 5.74) is 2.13. The van der Waals surface area contributed by atoms with Gasteiger partial charge < -0.3 is 5.32 Å². The van der Waals surface area contributed by atoms with Gasteiger partial charge in [-0.3, -0.25) is 10.1 Å². The van der Waals surface area contributed by atoms with Crippen LogP contribution < -0.4 is 5.32 Å².